The lowest BCUT2D eigenvalue weighted by Crippen LogP contribution is -2.43. The maximum atomic E-state index is 13.2. The van der Waals surface area contributed by atoms with Crippen LogP contribution in [0.4, 0.5) is 0 Å². The Labute approximate surface area is 194 Å². The third-order valence-electron chi connectivity index (χ3n) is 6.34. The topological polar surface area (TPSA) is 85.2 Å². The molecule has 2 aromatic carbocycles. The summed E-state index contributed by atoms with van der Waals surface area (Å²) < 4.78 is 7.18. The maximum Gasteiger partial charge on any atom is 0.237 e. The summed E-state index contributed by atoms with van der Waals surface area (Å²) >= 11 is 0. The first-order valence-corrected chi connectivity index (χ1v) is 11.5. The monoisotopic (exact) mass is 448 g/mol. The van der Waals surface area contributed by atoms with Crippen LogP contribution in [0.1, 0.15) is 48.9 Å². The van der Waals surface area contributed by atoms with Crippen molar-refractivity contribution < 1.29 is 9.53 Å². The van der Waals surface area contributed by atoms with Crippen LogP contribution in [0.3, 0.4) is 0 Å². The van der Waals surface area contributed by atoms with E-state index >= 15 is 0 Å². The van der Waals surface area contributed by atoms with Crippen LogP contribution in [-0.2, 0) is 17.8 Å². The van der Waals surface area contributed by atoms with Crippen LogP contribution in [-0.4, -0.2) is 57.3 Å². The molecule has 0 aliphatic carbocycles. The van der Waals surface area contributed by atoms with Gasteiger partial charge in [0.05, 0.1) is 19.2 Å². The number of nitrogens with one attached hydrogen (secondary N) is 1. The molecule has 3 aromatic rings. The second-order valence-corrected chi connectivity index (χ2v) is 8.87. The molecule has 2 heterocycles. The molecule has 8 heteroatoms. The van der Waals surface area contributed by atoms with Crippen LogP contribution in [0.5, 0.6) is 5.75 Å². The van der Waals surface area contributed by atoms with Crippen LogP contribution in [0.25, 0.3) is 0 Å². The quantitative estimate of drug-likeness (QED) is 0.542. The summed E-state index contributed by atoms with van der Waals surface area (Å²) in [6.45, 7) is 6.38. The average molecular weight is 449 g/mol. The van der Waals surface area contributed by atoms with Crippen molar-refractivity contribution in [2.45, 2.75) is 51.2 Å². The van der Waals surface area contributed by atoms with Gasteiger partial charge in [-0.3, -0.25) is 9.69 Å². The number of ether oxygens (including phenoxy) is 1. The molecule has 33 heavy (non-hydrogen) atoms. The molecule has 0 spiro atoms. The number of likely N-dealkylation sites (tertiary alicyclic amines) is 1. The number of aromatic nitrogens is 4. The van der Waals surface area contributed by atoms with Crippen molar-refractivity contribution in [1.82, 2.24) is 30.4 Å². The van der Waals surface area contributed by atoms with E-state index in [1.807, 2.05) is 24.3 Å². The van der Waals surface area contributed by atoms with Crippen molar-refractivity contribution in [3.63, 3.8) is 0 Å². The molecule has 8 nitrogen and oxygen atoms in total. The Morgan fingerprint density at radius 3 is 2.67 bits per heavy atom. The van der Waals surface area contributed by atoms with Gasteiger partial charge in [-0.1, -0.05) is 56.3 Å². The van der Waals surface area contributed by atoms with E-state index in [1.54, 1.807) is 18.1 Å². The van der Waals surface area contributed by atoms with Gasteiger partial charge < -0.3 is 10.1 Å². The standard InChI is InChI=1S/C25H32N6O2/c1-18(2)20-10-8-19(9-11-20)15-30-16-22(31-17-27-28-29-31)14-23(30)25(32)26-13-12-21-6-4-5-7-24(21)33-3/h4-11,17-18,22-23H,12-16H2,1-3H3,(H,26,32)/t22-,23-/m0/s1. The minimum absolute atomic E-state index is 0.0410. The molecule has 4 rings (SSSR count). The Bertz CT molecular complexity index is 1040. The van der Waals surface area contributed by atoms with Gasteiger partial charge in [0.1, 0.15) is 12.1 Å². The van der Waals surface area contributed by atoms with Gasteiger partial charge in [-0.2, -0.15) is 0 Å². The summed E-state index contributed by atoms with van der Waals surface area (Å²) in [6, 6.07) is 16.4. The Hall–Kier alpha value is -3.26. The van der Waals surface area contributed by atoms with E-state index in [-0.39, 0.29) is 18.0 Å². The summed E-state index contributed by atoms with van der Waals surface area (Å²) in [5.41, 5.74) is 3.60. The number of tetrazole rings is 1. The molecule has 0 radical (unpaired) electrons. The van der Waals surface area contributed by atoms with Gasteiger partial charge in [-0.15, -0.1) is 5.10 Å². The number of methoxy groups -OCH3 is 1. The molecule has 0 unspecified atom stereocenters. The Morgan fingerprint density at radius 1 is 1.18 bits per heavy atom. The highest BCUT2D eigenvalue weighted by Crippen LogP contribution is 2.29. The maximum absolute atomic E-state index is 13.2. The zero-order chi connectivity index (χ0) is 23.2. The van der Waals surface area contributed by atoms with Crippen LogP contribution < -0.4 is 10.1 Å². The molecule has 0 saturated carbocycles. The number of para-hydroxylation sites is 1. The number of benzene rings is 2. The van der Waals surface area contributed by atoms with E-state index in [9.17, 15) is 4.79 Å². The molecule has 1 amide bonds. The number of hydrogen-bond donors (Lipinski definition) is 1. The van der Waals surface area contributed by atoms with Crippen molar-refractivity contribution in [2.24, 2.45) is 0 Å². The number of amides is 1. The minimum Gasteiger partial charge on any atom is -0.496 e. The first-order valence-electron chi connectivity index (χ1n) is 11.5. The SMILES string of the molecule is COc1ccccc1CCNC(=O)[C@@H]1C[C@H](n2cnnn2)CN1Cc1ccc(C(C)C)cc1. The van der Waals surface area contributed by atoms with Crippen molar-refractivity contribution >= 4 is 5.91 Å². The van der Waals surface area contributed by atoms with E-state index in [4.69, 9.17) is 4.74 Å². The van der Waals surface area contributed by atoms with E-state index in [0.717, 1.165) is 24.3 Å². The zero-order valence-corrected chi connectivity index (χ0v) is 19.5. The Morgan fingerprint density at radius 2 is 1.97 bits per heavy atom. The number of rotatable bonds is 9. The van der Waals surface area contributed by atoms with Crippen LogP contribution in [0.15, 0.2) is 54.9 Å². The minimum atomic E-state index is -0.235. The number of hydrogen-bond acceptors (Lipinski definition) is 6. The van der Waals surface area contributed by atoms with E-state index < -0.39 is 0 Å². The molecule has 2 atom stereocenters. The molecule has 1 N–H and O–H groups in total. The van der Waals surface area contributed by atoms with Gasteiger partial charge in [-0.05, 0) is 51.9 Å². The number of carbonyl (C=O) groups is 1. The summed E-state index contributed by atoms with van der Waals surface area (Å²) in [4.78, 5) is 15.4. The molecule has 0 bridgehead atoms. The third kappa shape index (κ3) is 5.57. The van der Waals surface area contributed by atoms with Gasteiger partial charge >= 0.3 is 0 Å². The highest BCUT2D eigenvalue weighted by Gasteiger charge is 2.38. The van der Waals surface area contributed by atoms with Gasteiger partial charge in [0.2, 0.25) is 5.91 Å². The zero-order valence-electron chi connectivity index (χ0n) is 19.5. The third-order valence-corrected chi connectivity index (χ3v) is 6.34. The first-order chi connectivity index (χ1) is 16.0. The molecule has 1 aromatic heterocycles. The second-order valence-electron chi connectivity index (χ2n) is 8.87. The van der Waals surface area contributed by atoms with Crippen LogP contribution in [0.2, 0.25) is 0 Å². The fourth-order valence-electron chi connectivity index (χ4n) is 4.44. The smallest absolute Gasteiger partial charge is 0.237 e. The van der Waals surface area contributed by atoms with Gasteiger partial charge in [0.15, 0.2) is 0 Å². The highest BCUT2D eigenvalue weighted by molar-refractivity contribution is 5.82. The Balaban J connectivity index is 1.42. The van der Waals surface area contributed by atoms with Crippen molar-refractivity contribution in [3.8, 4) is 5.75 Å². The largest absolute Gasteiger partial charge is 0.496 e. The van der Waals surface area contributed by atoms with Crippen molar-refractivity contribution in [3.05, 3.63) is 71.5 Å². The van der Waals surface area contributed by atoms with Gasteiger partial charge in [0, 0.05) is 19.6 Å². The molecule has 1 aliphatic rings. The normalized spacial score (nSPS) is 18.5. The number of carbonyl (C=O) groups excluding carboxylic acids is 1. The fourth-order valence-corrected chi connectivity index (χ4v) is 4.44. The molecule has 1 saturated heterocycles. The molecule has 1 fully saturated rings. The van der Waals surface area contributed by atoms with Gasteiger partial charge in [0.25, 0.3) is 0 Å². The summed E-state index contributed by atoms with van der Waals surface area (Å²) in [5.74, 6) is 1.38. The van der Waals surface area contributed by atoms with Crippen molar-refractivity contribution in [1.29, 1.82) is 0 Å². The van der Waals surface area contributed by atoms with Gasteiger partial charge in [-0.25, -0.2) is 4.68 Å². The molecular weight excluding hydrogens is 416 g/mol. The van der Waals surface area contributed by atoms with Crippen LogP contribution >= 0.6 is 0 Å². The van der Waals surface area contributed by atoms with E-state index in [2.05, 4.69) is 63.9 Å². The fraction of sp³-hybridized carbons (Fsp3) is 0.440. The summed E-state index contributed by atoms with van der Waals surface area (Å²) in [7, 11) is 1.67. The molecule has 174 valence electrons. The van der Waals surface area contributed by atoms with Crippen LogP contribution in [0, 0.1) is 0 Å². The summed E-state index contributed by atoms with van der Waals surface area (Å²) in [6.07, 6.45) is 3.02. The average Bonchev–Trinajstić information content (AvgIpc) is 3.50. The predicted molar refractivity (Wildman–Crippen MR) is 126 cm³/mol. The lowest BCUT2D eigenvalue weighted by atomic mass is 10.0. The second kappa shape index (κ2) is 10.6. The Kier molecular flexibility index (Phi) is 7.34. The van der Waals surface area contributed by atoms with E-state index in [0.29, 0.717) is 25.4 Å². The summed E-state index contributed by atoms with van der Waals surface area (Å²) in [5, 5.41) is 14.7. The lowest BCUT2D eigenvalue weighted by Gasteiger charge is -2.24. The lowest BCUT2D eigenvalue weighted by molar-refractivity contribution is -0.125. The molecular formula is C25H32N6O2. The molecule has 1 aliphatic heterocycles. The number of nitrogens with zero attached hydrogens (tertiary/aromatic N) is 5. The highest BCUT2D eigenvalue weighted by atomic mass is 16.5. The van der Waals surface area contributed by atoms with Crippen molar-refractivity contribution in [2.75, 3.05) is 20.2 Å². The first kappa shape index (κ1) is 22.9. The van der Waals surface area contributed by atoms with E-state index in [1.165, 1.54) is 11.1 Å². The predicted octanol–water partition coefficient (Wildman–Crippen LogP) is 2.98.